The van der Waals surface area contributed by atoms with Gasteiger partial charge in [0.05, 0.1) is 0 Å². The number of carbonyl (C=O) groups is 1. The molecule has 0 saturated heterocycles. The molecular weight excluding hydrogens is 246 g/mol. The van der Waals surface area contributed by atoms with Crippen LogP contribution in [0.5, 0.6) is 0 Å². The van der Waals surface area contributed by atoms with Crippen molar-refractivity contribution in [1.29, 1.82) is 0 Å². The van der Waals surface area contributed by atoms with Gasteiger partial charge in [0.1, 0.15) is 17.9 Å². The third kappa shape index (κ3) is 5.84. The van der Waals surface area contributed by atoms with Gasteiger partial charge in [0.15, 0.2) is 0 Å². The van der Waals surface area contributed by atoms with Gasteiger partial charge in [0, 0.05) is 5.69 Å². The zero-order valence-electron chi connectivity index (χ0n) is 11.4. The maximum atomic E-state index is 11.6. The minimum absolute atomic E-state index is 0.122. The zero-order valence-corrected chi connectivity index (χ0v) is 11.4. The third-order valence-corrected chi connectivity index (χ3v) is 1.76. The van der Waals surface area contributed by atoms with Gasteiger partial charge in [-0.15, -0.1) is 0 Å². The molecule has 0 saturated carbocycles. The lowest BCUT2D eigenvalue weighted by atomic mass is 10.2. The third-order valence-electron chi connectivity index (χ3n) is 1.76. The molecule has 102 valence electrons. The molecule has 0 unspecified atom stereocenters. The van der Waals surface area contributed by atoms with Gasteiger partial charge in [0.2, 0.25) is 5.95 Å². The predicted molar refractivity (Wildman–Crippen MR) is 70.6 cm³/mol. The van der Waals surface area contributed by atoms with E-state index in [9.17, 15) is 4.79 Å². The van der Waals surface area contributed by atoms with Crippen molar-refractivity contribution in [2.75, 3.05) is 11.9 Å². The Morgan fingerprint density at radius 2 is 2.16 bits per heavy atom. The van der Waals surface area contributed by atoms with Crippen molar-refractivity contribution in [2.24, 2.45) is 0 Å². The van der Waals surface area contributed by atoms with Gasteiger partial charge in [-0.1, -0.05) is 5.92 Å². The average molecular weight is 263 g/mol. The van der Waals surface area contributed by atoms with Crippen LogP contribution in [0.1, 0.15) is 32.2 Å². The molecule has 6 heteroatoms. The first kappa shape index (κ1) is 14.9. The van der Waals surface area contributed by atoms with E-state index in [1.165, 1.54) is 0 Å². The minimum atomic E-state index is -0.626. The number of anilines is 1. The normalized spacial score (nSPS) is 10.4. The van der Waals surface area contributed by atoms with Gasteiger partial charge in [-0.05, 0) is 39.7 Å². The molecule has 1 heterocycles. The molecule has 6 nitrogen and oxygen atoms in total. The number of aryl methyl sites for hydroxylation is 1. The van der Waals surface area contributed by atoms with Crippen molar-refractivity contribution < 1.29 is 14.6 Å². The molecule has 0 fully saturated rings. The van der Waals surface area contributed by atoms with Gasteiger partial charge < -0.3 is 9.84 Å². The van der Waals surface area contributed by atoms with Crippen LogP contribution in [0.15, 0.2) is 6.07 Å². The summed E-state index contributed by atoms with van der Waals surface area (Å²) < 4.78 is 5.10. The fourth-order valence-corrected chi connectivity index (χ4v) is 1.21. The van der Waals surface area contributed by atoms with Crippen molar-refractivity contribution in [3.05, 3.63) is 17.5 Å². The maximum absolute atomic E-state index is 11.6. The Hall–Kier alpha value is -2.13. The summed E-state index contributed by atoms with van der Waals surface area (Å²) in [5.41, 5.74) is 0.490. The molecule has 0 radical (unpaired) electrons. The summed E-state index contributed by atoms with van der Waals surface area (Å²) in [5.74, 6) is 5.26. The molecular formula is C13H17N3O3. The van der Waals surface area contributed by atoms with E-state index in [0.29, 0.717) is 11.4 Å². The first-order valence-corrected chi connectivity index (χ1v) is 5.75. The number of ether oxygens (including phenoxy) is 1. The van der Waals surface area contributed by atoms with Crippen LogP contribution in [-0.2, 0) is 4.74 Å². The van der Waals surface area contributed by atoms with Crippen molar-refractivity contribution in [2.45, 2.75) is 33.3 Å². The number of carbonyl (C=O) groups excluding carboxylic acids is 1. The summed E-state index contributed by atoms with van der Waals surface area (Å²) in [6.07, 6.45) is -0.626. The SMILES string of the molecule is Cc1cc(C#CCO)nc(NC(=O)OC(C)(C)C)n1. The standard InChI is InChI=1S/C13H17N3O3/c1-9-8-10(6-5-7-17)15-11(14-9)16-12(18)19-13(2,3)4/h8,17H,7H2,1-4H3,(H,14,15,16,18). The number of hydrogen-bond donors (Lipinski definition) is 2. The molecule has 0 aromatic carbocycles. The lowest BCUT2D eigenvalue weighted by molar-refractivity contribution is 0.0634. The van der Waals surface area contributed by atoms with Crippen LogP contribution in [0, 0.1) is 18.8 Å². The van der Waals surface area contributed by atoms with Crippen molar-refractivity contribution >= 4 is 12.0 Å². The Bertz CT molecular complexity index is 524. The molecule has 0 aliphatic rings. The number of nitrogens with one attached hydrogen (secondary N) is 1. The number of aliphatic hydroxyl groups excluding tert-OH is 1. The molecule has 2 N–H and O–H groups in total. The zero-order chi connectivity index (χ0) is 14.5. The Morgan fingerprint density at radius 3 is 2.74 bits per heavy atom. The topological polar surface area (TPSA) is 84.3 Å². The van der Waals surface area contributed by atoms with Gasteiger partial charge in [-0.3, -0.25) is 5.32 Å². The van der Waals surface area contributed by atoms with Crippen molar-refractivity contribution in [3.63, 3.8) is 0 Å². The molecule has 0 aliphatic heterocycles. The molecule has 0 bridgehead atoms. The summed E-state index contributed by atoms with van der Waals surface area (Å²) in [5, 5.41) is 11.1. The molecule has 0 spiro atoms. The van der Waals surface area contributed by atoms with E-state index in [1.807, 2.05) is 0 Å². The number of aromatic nitrogens is 2. The van der Waals surface area contributed by atoms with E-state index in [-0.39, 0.29) is 12.6 Å². The monoisotopic (exact) mass is 263 g/mol. The summed E-state index contributed by atoms with van der Waals surface area (Å²) in [6.45, 7) is 6.80. The van der Waals surface area contributed by atoms with Crippen LogP contribution in [0.3, 0.4) is 0 Å². The molecule has 0 atom stereocenters. The van der Waals surface area contributed by atoms with Crippen LogP contribution in [0.2, 0.25) is 0 Å². The van der Waals surface area contributed by atoms with Gasteiger partial charge >= 0.3 is 6.09 Å². The van der Waals surface area contributed by atoms with E-state index < -0.39 is 11.7 Å². The second-order valence-corrected chi connectivity index (χ2v) is 4.80. The summed E-state index contributed by atoms with van der Waals surface area (Å²) >= 11 is 0. The Balaban J connectivity index is 2.84. The van der Waals surface area contributed by atoms with Crippen LogP contribution in [0.25, 0.3) is 0 Å². The lowest BCUT2D eigenvalue weighted by Crippen LogP contribution is -2.28. The Kier molecular flexibility index (Phi) is 4.84. The maximum Gasteiger partial charge on any atom is 0.414 e. The van der Waals surface area contributed by atoms with Crippen LogP contribution >= 0.6 is 0 Å². The summed E-state index contributed by atoms with van der Waals surface area (Å²) in [6, 6.07) is 1.66. The highest BCUT2D eigenvalue weighted by Gasteiger charge is 2.17. The number of nitrogens with zero attached hydrogens (tertiary/aromatic N) is 2. The summed E-state index contributed by atoms with van der Waals surface area (Å²) in [4.78, 5) is 19.7. The average Bonchev–Trinajstić information content (AvgIpc) is 2.22. The second-order valence-electron chi connectivity index (χ2n) is 4.80. The molecule has 0 aliphatic carbocycles. The van der Waals surface area contributed by atoms with Crippen molar-refractivity contribution in [3.8, 4) is 11.8 Å². The van der Waals surface area contributed by atoms with E-state index in [4.69, 9.17) is 9.84 Å². The van der Waals surface area contributed by atoms with E-state index in [0.717, 1.165) is 0 Å². The number of rotatable bonds is 1. The molecule has 1 aromatic heterocycles. The fraction of sp³-hybridized carbons (Fsp3) is 0.462. The second kappa shape index (κ2) is 6.16. The number of hydrogen-bond acceptors (Lipinski definition) is 5. The smallest absolute Gasteiger partial charge is 0.414 e. The highest BCUT2D eigenvalue weighted by Crippen LogP contribution is 2.09. The van der Waals surface area contributed by atoms with E-state index >= 15 is 0 Å². The van der Waals surface area contributed by atoms with E-state index in [2.05, 4.69) is 27.1 Å². The van der Waals surface area contributed by atoms with Gasteiger partial charge in [-0.25, -0.2) is 14.8 Å². The molecule has 1 rings (SSSR count). The first-order valence-electron chi connectivity index (χ1n) is 5.75. The fourth-order valence-electron chi connectivity index (χ4n) is 1.21. The first-order chi connectivity index (χ1) is 8.80. The molecule has 19 heavy (non-hydrogen) atoms. The quantitative estimate of drug-likeness (QED) is 0.750. The minimum Gasteiger partial charge on any atom is -0.444 e. The Morgan fingerprint density at radius 1 is 1.47 bits per heavy atom. The van der Waals surface area contributed by atoms with Crippen LogP contribution < -0.4 is 5.32 Å². The van der Waals surface area contributed by atoms with Crippen LogP contribution in [-0.4, -0.2) is 33.4 Å². The molecule has 1 amide bonds. The van der Waals surface area contributed by atoms with Gasteiger partial charge in [0.25, 0.3) is 0 Å². The van der Waals surface area contributed by atoms with Crippen molar-refractivity contribution in [1.82, 2.24) is 9.97 Å². The van der Waals surface area contributed by atoms with Crippen LogP contribution in [0.4, 0.5) is 10.7 Å². The largest absolute Gasteiger partial charge is 0.444 e. The highest BCUT2D eigenvalue weighted by molar-refractivity contribution is 5.82. The Labute approximate surface area is 112 Å². The number of aliphatic hydroxyl groups is 1. The molecule has 1 aromatic rings. The lowest BCUT2D eigenvalue weighted by Gasteiger charge is -2.19. The number of amides is 1. The van der Waals surface area contributed by atoms with E-state index in [1.54, 1.807) is 33.8 Å². The predicted octanol–water partition coefficient (Wildman–Crippen LogP) is 1.48. The highest BCUT2D eigenvalue weighted by atomic mass is 16.6. The van der Waals surface area contributed by atoms with Gasteiger partial charge in [-0.2, -0.15) is 0 Å². The summed E-state index contributed by atoms with van der Waals surface area (Å²) in [7, 11) is 0.